The van der Waals surface area contributed by atoms with Gasteiger partial charge in [0.1, 0.15) is 11.8 Å². The second kappa shape index (κ2) is 8.32. The lowest BCUT2D eigenvalue weighted by Crippen LogP contribution is -2.31. The summed E-state index contributed by atoms with van der Waals surface area (Å²) in [5.41, 5.74) is 2.90. The highest BCUT2D eigenvalue weighted by Crippen LogP contribution is 2.38. The summed E-state index contributed by atoms with van der Waals surface area (Å²) in [5.74, 6) is 1.72. The van der Waals surface area contributed by atoms with Gasteiger partial charge in [0.25, 0.3) is 5.91 Å². The molecule has 2 aromatic heterocycles. The summed E-state index contributed by atoms with van der Waals surface area (Å²) in [6, 6.07) is 20.6. The number of rotatable bonds is 5. The Balaban J connectivity index is 1.62. The van der Waals surface area contributed by atoms with Crippen molar-refractivity contribution < 1.29 is 9.53 Å². The molecule has 1 amide bonds. The summed E-state index contributed by atoms with van der Waals surface area (Å²) in [4.78, 5) is 19.1. The molecule has 0 bridgehead atoms. The number of para-hydroxylation sites is 1. The van der Waals surface area contributed by atoms with Gasteiger partial charge in [-0.3, -0.25) is 4.79 Å². The van der Waals surface area contributed by atoms with Gasteiger partial charge in [-0.05, 0) is 48.2 Å². The minimum atomic E-state index is -0.466. The number of benzene rings is 2. The van der Waals surface area contributed by atoms with Gasteiger partial charge in [-0.2, -0.15) is 4.98 Å². The third kappa shape index (κ3) is 3.65. The molecular weight excluding hydrogens is 422 g/mol. The molecule has 0 radical (unpaired) electrons. The Morgan fingerprint density at radius 2 is 1.97 bits per heavy atom. The normalized spacial score (nSPS) is 15.1. The van der Waals surface area contributed by atoms with Crippen LogP contribution in [0.5, 0.6) is 5.75 Å². The van der Waals surface area contributed by atoms with Crippen molar-refractivity contribution in [1.29, 1.82) is 0 Å². The number of carbonyl (C=O) groups excluding carboxylic acids is 1. The molecule has 1 aliphatic rings. The Morgan fingerprint density at radius 3 is 2.72 bits per heavy atom. The van der Waals surface area contributed by atoms with Crippen LogP contribution < -0.4 is 15.4 Å². The second-order valence-electron chi connectivity index (χ2n) is 7.34. The van der Waals surface area contributed by atoms with Crippen LogP contribution in [0.1, 0.15) is 18.5 Å². The maximum absolute atomic E-state index is 13.5. The van der Waals surface area contributed by atoms with Crippen LogP contribution >= 0.6 is 11.3 Å². The summed E-state index contributed by atoms with van der Waals surface area (Å²) in [5, 5.41) is 13.0. The lowest BCUT2D eigenvalue weighted by Gasteiger charge is -2.28. The smallest absolute Gasteiger partial charge is 0.255 e. The molecule has 8 heteroatoms. The van der Waals surface area contributed by atoms with E-state index in [1.807, 2.05) is 79.0 Å². The van der Waals surface area contributed by atoms with Crippen molar-refractivity contribution in [3.8, 4) is 16.5 Å². The van der Waals surface area contributed by atoms with E-state index in [4.69, 9.17) is 14.8 Å². The Morgan fingerprint density at radius 1 is 1.12 bits per heavy atom. The number of allylic oxidation sites excluding steroid dienone is 1. The monoisotopic (exact) mass is 443 g/mol. The molecule has 3 heterocycles. The predicted octanol–water partition coefficient (Wildman–Crippen LogP) is 4.94. The van der Waals surface area contributed by atoms with Crippen LogP contribution in [0.4, 0.5) is 11.6 Å². The fraction of sp³-hybridized carbons (Fsp3) is 0.125. The lowest BCUT2D eigenvalue weighted by atomic mass is 9.95. The van der Waals surface area contributed by atoms with E-state index in [1.54, 1.807) is 23.1 Å². The number of fused-ring (bicyclic) bond motifs is 1. The van der Waals surface area contributed by atoms with Crippen LogP contribution in [-0.4, -0.2) is 27.8 Å². The zero-order valence-corrected chi connectivity index (χ0v) is 18.4. The van der Waals surface area contributed by atoms with E-state index in [9.17, 15) is 4.79 Å². The highest BCUT2D eigenvalue weighted by molar-refractivity contribution is 7.13. The van der Waals surface area contributed by atoms with Gasteiger partial charge < -0.3 is 15.4 Å². The molecule has 32 heavy (non-hydrogen) atoms. The number of thiophene rings is 1. The van der Waals surface area contributed by atoms with Crippen LogP contribution in [0, 0.1) is 0 Å². The number of anilines is 2. The number of nitrogens with zero attached hydrogens (tertiary/aromatic N) is 3. The maximum atomic E-state index is 13.5. The van der Waals surface area contributed by atoms with Gasteiger partial charge in [0.15, 0.2) is 5.82 Å². The molecule has 0 spiro atoms. The Hall–Kier alpha value is -3.91. The van der Waals surface area contributed by atoms with E-state index in [-0.39, 0.29) is 5.91 Å². The molecule has 4 aromatic rings. The van der Waals surface area contributed by atoms with E-state index >= 15 is 0 Å². The SMILES string of the molecule is COc1cccc(C2C(C(=O)Nc3ccccc3)=C(C)Nc3nc(-c4cccs4)nn32)c1. The van der Waals surface area contributed by atoms with E-state index in [0.717, 1.165) is 21.8 Å². The van der Waals surface area contributed by atoms with Gasteiger partial charge in [-0.1, -0.05) is 36.4 Å². The molecule has 2 N–H and O–H groups in total. The number of hydrogen-bond donors (Lipinski definition) is 2. The zero-order valence-electron chi connectivity index (χ0n) is 17.6. The van der Waals surface area contributed by atoms with Crippen LogP contribution in [0.2, 0.25) is 0 Å². The lowest BCUT2D eigenvalue weighted by molar-refractivity contribution is -0.113. The largest absolute Gasteiger partial charge is 0.497 e. The number of carbonyl (C=O) groups is 1. The van der Waals surface area contributed by atoms with Crippen LogP contribution in [0.3, 0.4) is 0 Å². The van der Waals surface area contributed by atoms with E-state index < -0.39 is 6.04 Å². The number of aromatic nitrogens is 3. The minimum absolute atomic E-state index is 0.201. The van der Waals surface area contributed by atoms with Crippen molar-refractivity contribution in [3.63, 3.8) is 0 Å². The third-order valence-corrected chi connectivity index (χ3v) is 6.15. The Kier molecular flexibility index (Phi) is 5.20. The average molecular weight is 444 g/mol. The molecule has 160 valence electrons. The van der Waals surface area contributed by atoms with Gasteiger partial charge in [-0.15, -0.1) is 16.4 Å². The van der Waals surface area contributed by atoms with Crippen LogP contribution in [0.25, 0.3) is 10.7 Å². The van der Waals surface area contributed by atoms with Crippen molar-refractivity contribution in [2.75, 3.05) is 17.7 Å². The minimum Gasteiger partial charge on any atom is -0.497 e. The first kappa shape index (κ1) is 20.0. The molecule has 7 nitrogen and oxygen atoms in total. The van der Waals surface area contributed by atoms with Crippen molar-refractivity contribution in [2.45, 2.75) is 13.0 Å². The van der Waals surface area contributed by atoms with Gasteiger partial charge in [-0.25, -0.2) is 4.68 Å². The summed E-state index contributed by atoms with van der Waals surface area (Å²) < 4.78 is 7.21. The highest BCUT2D eigenvalue weighted by atomic mass is 32.1. The van der Waals surface area contributed by atoms with Crippen molar-refractivity contribution in [3.05, 3.63) is 88.9 Å². The predicted molar refractivity (Wildman–Crippen MR) is 126 cm³/mol. The van der Waals surface area contributed by atoms with Gasteiger partial charge >= 0.3 is 0 Å². The average Bonchev–Trinajstić information content (AvgIpc) is 3.48. The number of nitrogens with one attached hydrogen (secondary N) is 2. The Bertz CT molecular complexity index is 1300. The van der Waals surface area contributed by atoms with Crippen molar-refractivity contribution in [1.82, 2.24) is 14.8 Å². The number of hydrogen-bond acceptors (Lipinski definition) is 6. The maximum Gasteiger partial charge on any atom is 0.255 e. The molecule has 0 saturated heterocycles. The molecule has 0 aliphatic carbocycles. The number of methoxy groups -OCH3 is 1. The van der Waals surface area contributed by atoms with E-state index in [2.05, 4.69) is 10.6 Å². The van der Waals surface area contributed by atoms with Crippen molar-refractivity contribution in [2.24, 2.45) is 0 Å². The quantitative estimate of drug-likeness (QED) is 0.457. The molecule has 1 unspecified atom stereocenters. The summed E-state index contributed by atoms with van der Waals surface area (Å²) in [6.45, 7) is 1.88. The molecule has 0 saturated carbocycles. The third-order valence-electron chi connectivity index (χ3n) is 5.28. The van der Waals surface area contributed by atoms with Gasteiger partial charge in [0.2, 0.25) is 5.95 Å². The standard InChI is InChI=1S/C24H21N5O2S/c1-15-20(23(30)26-17-9-4-3-5-10-17)21(16-8-6-11-18(14-16)31-2)29-24(25-15)27-22(28-29)19-12-7-13-32-19/h3-14,21H,1-2H3,(H,26,30)(H,25,27,28). The molecule has 2 aromatic carbocycles. The highest BCUT2D eigenvalue weighted by Gasteiger charge is 2.34. The van der Waals surface area contributed by atoms with Crippen LogP contribution in [-0.2, 0) is 4.79 Å². The van der Waals surface area contributed by atoms with Crippen molar-refractivity contribution >= 4 is 28.9 Å². The van der Waals surface area contributed by atoms with Gasteiger partial charge in [0, 0.05) is 11.4 Å². The zero-order chi connectivity index (χ0) is 22.1. The summed E-state index contributed by atoms with van der Waals surface area (Å²) in [6.07, 6.45) is 0. The topological polar surface area (TPSA) is 81.1 Å². The first-order chi connectivity index (χ1) is 15.6. The second-order valence-corrected chi connectivity index (χ2v) is 8.29. The first-order valence-corrected chi connectivity index (χ1v) is 11.0. The molecule has 1 atom stereocenters. The fourth-order valence-corrected chi connectivity index (χ4v) is 4.45. The molecular formula is C24H21N5O2S. The number of ether oxygens (including phenoxy) is 1. The molecule has 5 rings (SSSR count). The molecule has 1 aliphatic heterocycles. The van der Waals surface area contributed by atoms with E-state index in [0.29, 0.717) is 23.1 Å². The number of amides is 1. The summed E-state index contributed by atoms with van der Waals surface area (Å²) >= 11 is 1.57. The Labute approximate surface area is 189 Å². The fourth-order valence-electron chi connectivity index (χ4n) is 3.79. The van der Waals surface area contributed by atoms with Gasteiger partial charge in [0.05, 0.1) is 17.6 Å². The van der Waals surface area contributed by atoms with Crippen LogP contribution in [0.15, 0.2) is 83.4 Å². The van der Waals surface area contributed by atoms with E-state index in [1.165, 1.54) is 0 Å². The first-order valence-electron chi connectivity index (χ1n) is 10.1. The summed E-state index contributed by atoms with van der Waals surface area (Å²) in [7, 11) is 1.63. The molecule has 0 fully saturated rings.